The Balaban J connectivity index is 0.818. The number of nitrogens with one attached hydrogen (secondary N) is 5. The van der Waals surface area contributed by atoms with E-state index in [1.165, 1.54) is 62.6 Å². The molecule has 3 saturated heterocycles. The Morgan fingerprint density at radius 2 is 1.62 bits per heavy atom. The number of rotatable bonds is 27. The number of alkyl carbamates (subject to hydrolysis) is 1. The van der Waals surface area contributed by atoms with Crippen molar-refractivity contribution in [1.29, 1.82) is 0 Å². The highest BCUT2D eigenvalue weighted by Crippen LogP contribution is 2.59. The van der Waals surface area contributed by atoms with Gasteiger partial charge >= 0.3 is 24.2 Å². The van der Waals surface area contributed by atoms with Crippen LogP contribution in [0.4, 0.5) is 25.8 Å². The van der Waals surface area contributed by atoms with E-state index >= 15 is 0 Å². The van der Waals surface area contributed by atoms with Gasteiger partial charge in [0.05, 0.1) is 37.2 Å². The number of hydrogen-bond acceptors (Lipinski definition) is 18. The van der Waals surface area contributed by atoms with Crippen molar-refractivity contribution in [2.24, 2.45) is 46.7 Å². The largest absolute Gasteiger partial charge is 0.495 e. The number of nitrogens with two attached hydrogens (primary N) is 1. The number of fused-ring (bicyclic) bond motifs is 10. The maximum Gasteiger partial charge on any atom is 0.409 e. The Bertz CT molecular complexity index is 3650. The van der Waals surface area contributed by atoms with Crippen LogP contribution in [-0.4, -0.2) is 194 Å². The average Bonchev–Trinajstić information content (AvgIpc) is 1.56. The van der Waals surface area contributed by atoms with E-state index in [-0.39, 0.29) is 103 Å². The van der Waals surface area contributed by atoms with Gasteiger partial charge in [-0.05, 0) is 124 Å². The molecule has 570 valence electrons. The average molecular weight is 1470 g/mol. The summed E-state index contributed by atoms with van der Waals surface area (Å²) in [5, 5.41) is 25.6. The second-order valence-electron chi connectivity index (χ2n) is 30.0. The lowest BCUT2D eigenvalue weighted by molar-refractivity contribution is -0.162. The Hall–Kier alpha value is -8.60. The minimum Gasteiger partial charge on any atom is -0.495 e. The highest BCUT2D eigenvalue weighted by molar-refractivity contribution is 6.35. The van der Waals surface area contributed by atoms with E-state index in [1.807, 2.05) is 13.0 Å². The molecule has 4 fully saturated rings. The number of ether oxygens (including phenoxy) is 6. The van der Waals surface area contributed by atoms with Crippen molar-refractivity contribution in [3.8, 4) is 5.75 Å². The number of carbonyl (C=O) groups is 11. The van der Waals surface area contributed by atoms with Crippen LogP contribution in [0.2, 0.25) is 5.02 Å². The van der Waals surface area contributed by atoms with Crippen LogP contribution in [0.15, 0.2) is 71.8 Å². The SMILES string of the molecule is COc1cc2cc(c1Cl)N(C)C(=O)C[C@H](OC(=O)[C@H](C)N(C)C(=O)CCN(C)C(=O)OCc1ccc(NC(=O)[C@H](CCCCNC(N)=O)NC(=O)[C@@H](NC(=O)CCCCCN3C(=O)C4C5C=C(C(C)(C)C)C(C5)C4C3=O)C(C)C)cc1)[C@]1(C)O[C@H]1[C@H](C)[C@@H]1C[C@@](O)(NC(=O)O1)[C@H](OC)/C=C/C=C(\C)C2. The topological polar surface area (TPSA) is 366 Å². The number of amides is 11. The molecule has 8 rings (SSSR count). The number of anilines is 2. The molecule has 8 N–H and O–H groups in total. The summed E-state index contributed by atoms with van der Waals surface area (Å²) >= 11 is 6.85. The molecule has 2 aromatic carbocycles. The molecule has 104 heavy (non-hydrogen) atoms. The maximum atomic E-state index is 14.5. The fraction of sp³-hybridized carbons (Fsp3) is 0.613. The molecule has 6 bridgehead atoms. The molecule has 28 nitrogen and oxygen atoms in total. The summed E-state index contributed by atoms with van der Waals surface area (Å²) in [5.74, 6) is -4.72. The number of esters is 1. The molecular weight excluding hydrogens is 1360 g/mol. The van der Waals surface area contributed by atoms with Gasteiger partial charge in [0.25, 0.3) is 0 Å². The highest BCUT2D eigenvalue weighted by atomic mass is 35.5. The van der Waals surface area contributed by atoms with Crippen molar-refractivity contribution in [3.63, 3.8) is 0 Å². The standard InChI is InChI=1S/C75H105ClN10O18/c1-41(2)63(81-57(87)24-16-15-19-31-86-67(92)60-47-36-49(61(60)68(86)93)50(37-47)73(6,7)8)66(91)80-51(22-17-18-30-78-70(77)95)65(90)79-48-27-25-45(26-28-48)40-101-72(97)83(10)32-29-58(88)84(11)44(5)69(94)103-56-38-59(89)85(12)52-34-46(35-53(99-13)62(52)76)33-42(3)21-20-23-55(100-14)75(98)39-54(102-71(96)82-75)43(4)64-74(56,9)104-64/h20-21,23,25-28,34-35,37,41,43-44,47,49,51,54-56,60-61,63-64,98H,15-19,22,24,29-33,36,38-40H2,1-14H3,(H,79,90)(H,80,91)(H,81,87)(H,82,96)(H3,77,78,95)/b23-20+,42-21+/t43-,44+,47?,49?,51+,54+,55-,56+,60?,61?,63+,64+,74+,75+/m1/s1. The minimum absolute atomic E-state index is 0.0686. The molecule has 6 aliphatic rings. The first kappa shape index (κ1) is 81.1. The molecule has 4 aliphatic heterocycles. The van der Waals surface area contributed by atoms with Crippen LogP contribution in [0, 0.1) is 40.9 Å². The first-order valence-electron chi connectivity index (χ1n) is 35.8. The van der Waals surface area contributed by atoms with Gasteiger partial charge in [0.1, 0.15) is 59.4 Å². The molecule has 4 heterocycles. The van der Waals surface area contributed by atoms with Crippen LogP contribution in [0.1, 0.15) is 144 Å². The lowest BCUT2D eigenvalue weighted by Crippen LogP contribution is -2.63. The number of aliphatic hydroxyl groups is 1. The van der Waals surface area contributed by atoms with Gasteiger partial charge in [-0.1, -0.05) is 107 Å². The zero-order valence-corrected chi connectivity index (χ0v) is 63.0. The van der Waals surface area contributed by atoms with Gasteiger partial charge < -0.3 is 75.2 Å². The van der Waals surface area contributed by atoms with Crippen LogP contribution < -0.4 is 42.0 Å². The Kier molecular flexibility index (Phi) is 26.9. The molecule has 2 aromatic rings. The van der Waals surface area contributed by atoms with E-state index in [0.717, 1.165) is 22.5 Å². The van der Waals surface area contributed by atoms with Crippen molar-refractivity contribution in [2.75, 3.05) is 65.2 Å². The number of likely N-dealkylation sites (N-methyl/N-ethyl adjacent to an activating group) is 1. The van der Waals surface area contributed by atoms with Gasteiger partial charge in [-0.25, -0.2) is 19.2 Å². The van der Waals surface area contributed by atoms with Crippen molar-refractivity contribution in [1.82, 2.24) is 36.0 Å². The summed E-state index contributed by atoms with van der Waals surface area (Å²) in [6.07, 6.45) is 4.80. The number of carbonyl (C=O) groups excluding carboxylic acids is 11. The zero-order valence-electron chi connectivity index (χ0n) is 62.2. The van der Waals surface area contributed by atoms with E-state index in [1.54, 1.807) is 76.2 Å². The van der Waals surface area contributed by atoms with E-state index in [0.29, 0.717) is 67.8 Å². The third-order valence-corrected chi connectivity index (χ3v) is 21.4. The number of primary amides is 1. The Morgan fingerprint density at radius 3 is 2.29 bits per heavy atom. The molecule has 1 saturated carbocycles. The van der Waals surface area contributed by atoms with Gasteiger partial charge in [-0.2, -0.15) is 0 Å². The van der Waals surface area contributed by atoms with Crippen molar-refractivity contribution >= 4 is 88.5 Å². The van der Waals surface area contributed by atoms with Crippen LogP contribution >= 0.6 is 11.6 Å². The molecule has 0 spiro atoms. The Morgan fingerprint density at radius 1 is 0.923 bits per heavy atom. The molecule has 29 heteroatoms. The number of benzene rings is 2. The smallest absolute Gasteiger partial charge is 0.409 e. The highest BCUT2D eigenvalue weighted by Gasteiger charge is 2.65. The first-order valence-corrected chi connectivity index (χ1v) is 36.2. The number of likely N-dealkylation sites (tertiary alicyclic amines) is 1. The van der Waals surface area contributed by atoms with Crippen molar-refractivity contribution in [2.45, 2.75) is 200 Å². The third kappa shape index (κ3) is 19.5. The monoisotopic (exact) mass is 1470 g/mol. The lowest BCUT2D eigenvalue weighted by Gasteiger charge is -2.42. The van der Waals surface area contributed by atoms with E-state index in [2.05, 4.69) is 53.4 Å². The van der Waals surface area contributed by atoms with E-state index in [9.17, 15) is 57.8 Å². The van der Waals surface area contributed by atoms with Crippen molar-refractivity contribution in [3.05, 3.63) is 88.0 Å². The molecule has 4 unspecified atom stereocenters. The third-order valence-electron chi connectivity index (χ3n) is 21.1. The normalized spacial score (nSPS) is 26.8. The van der Waals surface area contributed by atoms with Crippen LogP contribution in [0.5, 0.6) is 5.75 Å². The van der Waals surface area contributed by atoms with Gasteiger partial charge in [0, 0.05) is 78.8 Å². The lowest BCUT2D eigenvalue weighted by atomic mass is 9.72. The molecule has 0 aromatic heterocycles. The van der Waals surface area contributed by atoms with Gasteiger partial charge in [0.15, 0.2) is 5.72 Å². The number of allylic oxidation sites excluding steroid dienone is 5. The number of urea groups is 1. The van der Waals surface area contributed by atoms with E-state index < -0.39 is 114 Å². The molecule has 11 amide bonds. The molecule has 14 atom stereocenters. The number of nitrogens with zero attached hydrogens (tertiary/aromatic N) is 4. The summed E-state index contributed by atoms with van der Waals surface area (Å²) in [5.41, 5.74) is 6.00. The van der Waals surface area contributed by atoms with Gasteiger partial charge in [-0.3, -0.25) is 43.8 Å². The number of unbranched alkanes of at least 4 members (excludes halogenated alkanes) is 3. The molecule has 0 radical (unpaired) electrons. The summed E-state index contributed by atoms with van der Waals surface area (Å²) in [7, 11) is 7.22. The van der Waals surface area contributed by atoms with Gasteiger partial charge in [-0.15, -0.1) is 0 Å². The van der Waals surface area contributed by atoms with Crippen LogP contribution in [-0.2, 0) is 75.1 Å². The predicted octanol–water partition coefficient (Wildman–Crippen LogP) is 7.36. The van der Waals surface area contributed by atoms with Crippen molar-refractivity contribution < 1.29 is 86.3 Å². The van der Waals surface area contributed by atoms with Gasteiger partial charge in [0.2, 0.25) is 41.4 Å². The zero-order chi connectivity index (χ0) is 76.4. The molecular formula is C75H105ClN10O18. The number of epoxide rings is 1. The first-order chi connectivity index (χ1) is 49.0. The number of halogens is 1. The quantitative estimate of drug-likeness (QED) is 0.0115. The summed E-state index contributed by atoms with van der Waals surface area (Å²) in [4.78, 5) is 154. The fourth-order valence-electron chi connectivity index (χ4n) is 14.8. The summed E-state index contributed by atoms with van der Waals surface area (Å²) in [6, 6.07) is 5.93. The second kappa shape index (κ2) is 34.5. The number of methoxy groups -OCH3 is 2. The van der Waals surface area contributed by atoms with Crippen LogP contribution in [0.3, 0.4) is 0 Å². The number of imide groups is 1. The maximum absolute atomic E-state index is 14.5. The fourth-order valence-corrected chi connectivity index (χ4v) is 15.1. The minimum atomic E-state index is -1.91. The van der Waals surface area contributed by atoms with E-state index in [4.69, 9.17) is 45.8 Å². The summed E-state index contributed by atoms with van der Waals surface area (Å²) < 4.78 is 35.1. The molecule has 2 aliphatic carbocycles. The van der Waals surface area contributed by atoms with Crippen LogP contribution in [0.25, 0.3) is 0 Å². The second-order valence-corrected chi connectivity index (χ2v) is 30.4. The Labute approximate surface area is 613 Å². The summed E-state index contributed by atoms with van der Waals surface area (Å²) in [6.45, 7) is 16.9. The predicted molar refractivity (Wildman–Crippen MR) is 385 cm³/mol. The number of hydrogen-bond donors (Lipinski definition) is 7.